The Morgan fingerprint density at radius 3 is 2.65 bits per heavy atom. The first-order valence-electron chi connectivity index (χ1n) is 5.39. The minimum Gasteiger partial charge on any atom is -0.379 e. The van der Waals surface area contributed by atoms with Crippen LogP contribution in [-0.2, 0) is 4.74 Å². The SMILES string of the molecule is COC(C)(C)CCC(=O)c1ccc(Br)c(Cl)c1. The van der Waals surface area contributed by atoms with Gasteiger partial charge in [0.15, 0.2) is 5.78 Å². The van der Waals surface area contributed by atoms with Gasteiger partial charge in [0.2, 0.25) is 0 Å². The predicted octanol–water partition coefficient (Wildman–Crippen LogP) is 4.49. The molecule has 0 aromatic heterocycles. The Bertz CT molecular complexity index is 416. The Kier molecular flexibility index (Phi) is 5.17. The third-order valence-corrected chi connectivity index (χ3v) is 3.98. The van der Waals surface area contributed by atoms with E-state index >= 15 is 0 Å². The molecule has 1 aromatic carbocycles. The summed E-state index contributed by atoms with van der Waals surface area (Å²) >= 11 is 9.25. The lowest BCUT2D eigenvalue weighted by atomic mass is 9.98. The van der Waals surface area contributed by atoms with Crippen molar-refractivity contribution in [1.29, 1.82) is 0 Å². The Hall–Kier alpha value is -0.380. The molecule has 0 bridgehead atoms. The highest BCUT2D eigenvalue weighted by atomic mass is 79.9. The summed E-state index contributed by atoms with van der Waals surface area (Å²) in [7, 11) is 1.65. The van der Waals surface area contributed by atoms with Gasteiger partial charge in [0.05, 0.1) is 10.6 Å². The summed E-state index contributed by atoms with van der Waals surface area (Å²) < 4.78 is 6.08. The van der Waals surface area contributed by atoms with Crippen molar-refractivity contribution < 1.29 is 9.53 Å². The number of rotatable bonds is 5. The summed E-state index contributed by atoms with van der Waals surface area (Å²) in [5.74, 6) is 0.0875. The quantitative estimate of drug-likeness (QED) is 0.747. The number of carbonyl (C=O) groups is 1. The van der Waals surface area contributed by atoms with Crippen LogP contribution in [0.25, 0.3) is 0 Å². The normalized spacial score (nSPS) is 11.6. The van der Waals surface area contributed by atoms with Gasteiger partial charge in [-0.3, -0.25) is 4.79 Å². The number of hydrogen-bond donors (Lipinski definition) is 0. The molecular weight excluding hydrogens is 303 g/mol. The molecule has 0 saturated carbocycles. The van der Waals surface area contributed by atoms with Crippen LogP contribution in [0.1, 0.15) is 37.0 Å². The van der Waals surface area contributed by atoms with E-state index in [0.29, 0.717) is 23.4 Å². The highest BCUT2D eigenvalue weighted by Crippen LogP contribution is 2.25. The standard InChI is InChI=1S/C13H16BrClO2/c1-13(2,17-3)7-6-12(16)9-4-5-10(14)11(15)8-9/h4-5,8H,6-7H2,1-3H3. The van der Waals surface area contributed by atoms with Gasteiger partial charge < -0.3 is 4.74 Å². The topological polar surface area (TPSA) is 26.3 Å². The van der Waals surface area contributed by atoms with Crippen molar-refractivity contribution in [3.8, 4) is 0 Å². The maximum absolute atomic E-state index is 11.9. The second-order valence-electron chi connectivity index (χ2n) is 4.52. The lowest BCUT2D eigenvalue weighted by Crippen LogP contribution is -2.23. The average molecular weight is 320 g/mol. The molecule has 17 heavy (non-hydrogen) atoms. The highest BCUT2D eigenvalue weighted by molar-refractivity contribution is 9.10. The van der Waals surface area contributed by atoms with Crippen molar-refractivity contribution in [3.63, 3.8) is 0 Å². The number of ketones is 1. The van der Waals surface area contributed by atoms with Crippen LogP contribution >= 0.6 is 27.5 Å². The van der Waals surface area contributed by atoms with Gasteiger partial charge in [-0.15, -0.1) is 0 Å². The summed E-state index contributed by atoms with van der Waals surface area (Å²) in [5, 5.41) is 0.557. The van der Waals surface area contributed by atoms with Gasteiger partial charge in [-0.2, -0.15) is 0 Å². The molecule has 0 spiro atoms. The smallest absolute Gasteiger partial charge is 0.163 e. The number of carbonyl (C=O) groups excluding carboxylic acids is 1. The van der Waals surface area contributed by atoms with Crippen LogP contribution in [0.5, 0.6) is 0 Å². The molecule has 0 fully saturated rings. The van der Waals surface area contributed by atoms with Gasteiger partial charge in [0, 0.05) is 23.6 Å². The van der Waals surface area contributed by atoms with E-state index in [4.69, 9.17) is 16.3 Å². The van der Waals surface area contributed by atoms with Crippen molar-refractivity contribution >= 4 is 33.3 Å². The number of halogens is 2. The average Bonchev–Trinajstić information content (AvgIpc) is 2.30. The first-order valence-corrected chi connectivity index (χ1v) is 6.56. The first kappa shape index (κ1) is 14.7. The molecule has 94 valence electrons. The van der Waals surface area contributed by atoms with Gasteiger partial charge in [-0.1, -0.05) is 17.7 Å². The van der Waals surface area contributed by atoms with Gasteiger partial charge in [0.25, 0.3) is 0 Å². The molecule has 0 atom stereocenters. The molecule has 0 aliphatic carbocycles. The number of benzene rings is 1. The second-order valence-corrected chi connectivity index (χ2v) is 5.78. The number of Topliss-reactive ketones (excluding diaryl/α,β-unsaturated/α-hetero) is 1. The van der Waals surface area contributed by atoms with E-state index in [1.807, 2.05) is 13.8 Å². The summed E-state index contributed by atoms with van der Waals surface area (Å²) in [5.41, 5.74) is 0.375. The van der Waals surface area contributed by atoms with E-state index in [-0.39, 0.29) is 11.4 Å². The molecule has 1 aromatic rings. The fourth-order valence-corrected chi connectivity index (χ4v) is 1.76. The predicted molar refractivity (Wildman–Crippen MR) is 73.8 cm³/mol. The zero-order valence-corrected chi connectivity index (χ0v) is 12.6. The van der Waals surface area contributed by atoms with E-state index in [1.165, 1.54) is 0 Å². The maximum Gasteiger partial charge on any atom is 0.163 e. The van der Waals surface area contributed by atoms with Crippen LogP contribution in [0.2, 0.25) is 5.02 Å². The molecule has 0 unspecified atom stereocenters. The Balaban J connectivity index is 2.68. The Morgan fingerprint density at radius 1 is 1.47 bits per heavy atom. The molecule has 4 heteroatoms. The van der Waals surface area contributed by atoms with Crippen LogP contribution < -0.4 is 0 Å². The lowest BCUT2D eigenvalue weighted by molar-refractivity contribution is 0.0141. The van der Waals surface area contributed by atoms with Crippen molar-refractivity contribution in [2.45, 2.75) is 32.3 Å². The van der Waals surface area contributed by atoms with E-state index in [1.54, 1.807) is 25.3 Å². The molecule has 0 amide bonds. The first-order chi connectivity index (χ1) is 7.85. The van der Waals surface area contributed by atoms with Crippen LogP contribution in [-0.4, -0.2) is 18.5 Å². The molecular formula is C13H16BrClO2. The fourth-order valence-electron chi connectivity index (χ4n) is 1.33. The fraction of sp³-hybridized carbons (Fsp3) is 0.462. The van der Waals surface area contributed by atoms with Crippen molar-refractivity contribution in [1.82, 2.24) is 0 Å². The van der Waals surface area contributed by atoms with Crippen molar-refractivity contribution in [2.24, 2.45) is 0 Å². The molecule has 0 aliphatic heterocycles. The van der Waals surface area contributed by atoms with Gasteiger partial charge in [-0.05, 0) is 48.3 Å². The molecule has 0 N–H and O–H groups in total. The summed E-state index contributed by atoms with van der Waals surface area (Å²) in [6.07, 6.45) is 1.15. The summed E-state index contributed by atoms with van der Waals surface area (Å²) in [4.78, 5) is 11.9. The van der Waals surface area contributed by atoms with Crippen LogP contribution in [0.4, 0.5) is 0 Å². The molecule has 1 rings (SSSR count). The summed E-state index contributed by atoms with van der Waals surface area (Å²) in [6, 6.07) is 5.25. The second kappa shape index (κ2) is 5.98. The monoisotopic (exact) mass is 318 g/mol. The van der Waals surface area contributed by atoms with Gasteiger partial charge in [-0.25, -0.2) is 0 Å². The van der Waals surface area contributed by atoms with Crippen LogP contribution in [0.3, 0.4) is 0 Å². The summed E-state index contributed by atoms with van der Waals surface area (Å²) in [6.45, 7) is 3.93. The minimum atomic E-state index is -0.269. The number of ether oxygens (including phenoxy) is 1. The third kappa shape index (κ3) is 4.41. The van der Waals surface area contributed by atoms with Crippen LogP contribution in [0, 0.1) is 0 Å². The number of hydrogen-bond acceptors (Lipinski definition) is 2. The van der Waals surface area contributed by atoms with Crippen molar-refractivity contribution in [2.75, 3.05) is 7.11 Å². The van der Waals surface area contributed by atoms with E-state index in [0.717, 1.165) is 4.47 Å². The van der Waals surface area contributed by atoms with Gasteiger partial charge in [0.1, 0.15) is 0 Å². The van der Waals surface area contributed by atoms with E-state index in [2.05, 4.69) is 15.9 Å². The van der Waals surface area contributed by atoms with E-state index < -0.39 is 0 Å². The molecule has 0 aliphatic rings. The lowest BCUT2D eigenvalue weighted by Gasteiger charge is -2.22. The molecule has 2 nitrogen and oxygen atoms in total. The van der Waals surface area contributed by atoms with Crippen LogP contribution in [0.15, 0.2) is 22.7 Å². The van der Waals surface area contributed by atoms with E-state index in [9.17, 15) is 4.79 Å². The largest absolute Gasteiger partial charge is 0.379 e. The Labute approximate surface area is 115 Å². The highest BCUT2D eigenvalue weighted by Gasteiger charge is 2.18. The number of methoxy groups -OCH3 is 1. The zero-order valence-electron chi connectivity index (χ0n) is 10.2. The van der Waals surface area contributed by atoms with Crippen molar-refractivity contribution in [3.05, 3.63) is 33.3 Å². The third-order valence-electron chi connectivity index (χ3n) is 2.75. The minimum absolute atomic E-state index is 0.0875. The van der Waals surface area contributed by atoms with Gasteiger partial charge >= 0.3 is 0 Å². The Morgan fingerprint density at radius 2 is 2.12 bits per heavy atom. The maximum atomic E-state index is 11.9. The molecule has 0 radical (unpaired) electrons. The molecule has 0 heterocycles. The zero-order chi connectivity index (χ0) is 13.1. The molecule has 0 saturated heterocycles.